The van der Waals surface area contributed by atoms with E-state index < -0.39 is 0 Å². The number of hydrogen-bond acceptors (Lipinski definition) is 6. The monoisotopic (exact) mass is 429 g/mol. The lowest BCUT2D eigenvalue weighted by molar-refractivity contribution is 0.220. The van der Waals surface area contributed by atoms with Crippen LogP contribution in [0.4, 0.5) is 4.39 Å². The second kappa shape index (κ2) is 8.24. The Hall–Kier alpha value is -3.44. The normalized spacial score (nSPS) is 15.4. The number of rotatable bonds is 4. The third-order valence-corrected chi connectivity index (χ3v) is 6.31. The quantitative estimate of drug-likeness (QED) is 0.487. The smallest absolute Gasteiger partial charge is 0.158 e. The van der Waals surface area contributed by atoms with Gasteiger partial charge in [-0.15, -0.1) is 0 Å². The van der Waals surface area contributed by atoms with Crippen LogP contribution in [0.1, 0.15) is 42.6 Å². The molecular weight excluding hydrogens is 405 g/mol. The first kappa shape index (κ1) is 20.5. The number of likely N-dealkylation sites (tertiary alicyclic amines) is 1. The Morgan fingerprint density at radius 1 is 1.16 bits per heavy atom. The molecule has 7 nitrogen and oxygen atoms in total. The van der Waals surface area contributed by atoms with Gasteiger partial charge < -0.3 is 4.90 Å². The summed E-state index contributed by atoms with van der Waals surface area (Å²) >= 11 is 0. The average Bonchev–Trinajstić information content (AvgIpc) is 3.19. The zero-order valence-corrected chi connectivity index (χ0v) is 18.2. The van der Waals surface area contributed by atoms with Gasteiger partial charge in [0.05, 0.1) is 41.3 Å². The van der Waals surface area contributed by atoms with Crippen LogP contribution in [0.15, 0.2) is 30.5 Å². The van der Waals surface area contributed by atoms with Crippen molar-refractivity contribution in [3.05, 3.63) is 53.2 Å². The highest BCUT2D eigenvalue weighted by molar-refractivity contribution is 5.84. The molecule has 3 aromatic heterocycles. The minimum atomic E-state index is -0.342. The van der Waals surface area contributed by atoms with Crippen molar-refractivity contribution in [2.75, 3.05) is 19.6 Å². The number of halogens is 1. The topological polar surface area (TPSA) is 83.0 Å². The van der Waals surface area contributed by atoms with Gasteiger partial charge in [0.25, 0.3) is 0 Å². The highest BCUT2D eigenvalue weighted by Crippen LogP contribution is 2.31. The number of benzene rings is 1. The molecule has 0 saturated carbocycles. The van der Waals surface area contributed by atoms with Crippen LogP contribution in [0.2, 0.25) is 0 Å². The van der Waals surface area contributed by atoms with Gasteiger partial charge in [0.2, 0.25) is 0 Å². The van der Waals surface area contributed by atoms with E-state index in [-0.39, 0.29) is 12.2 Å². The molecule has 0 unspecified atom stereocenters. The van der Waals surface area contributed by atoms with Gasteiger partial charge in [-0.1, -0.05) is 6.92 Å². The van der Waals surface area contributed by atoms with E-state index >= 15 is 4.39 Å². The van der Waals surface area contributed by atoms with E-state index in [0.717, 1.165) is 49.4 Å². The van der Waals surface area contributed by atoms with Crippen LogP contribution in [0.3, 0.4) is 0 Å². The first-order chi connectivity index (χ1) is 15.6. The average molecular weight is 430 g/mol. The summed E-state index contributed by atoms with van der Waals surface area (Å²) < 4.78 is 16.8. The number of piperidine rings is 1. The van der Waals surface area contributed by atoms with Crippen LogP contribution in [0, 0.1) is 24.1 Å². The lowest BCUT2D eigenvalue weighted by Crippen LogP contribution is -2.32. The van der Waals surface area contributed by atoms with Crippen molar-refractivity contribution in [2.45, 2.75) is 39.0 Å². The maximum Gasteiger partial charge on any atom is 0.158 e. The van der Waals surface area contributed by atoms with Crippen LogP contribution >= 0.6 is 0 Å². The SMILES string of the molecule is CCN1CCC(c2cc3c(F)cc(-c4cc(CC#N)c5nc(C)cn5n4)cc3nn2)CC1. The zero-order chi connectivity index (χ0) is 22.2. The van der Waals surface area contributed by atoms with Crippen LogP contribution in [-0.4, -0.2) is 49.3 Å². The summed E-state index contributed by atoms with van der Waals surface area (Å²) in [6, 6.07) is 9.12. The highest BCUT2D eigenvalue weighted by atomic mass is 19.1. The predicted octanol–water partition coefficient (Wildman–Crippen LogP) is 4.05. The molecule has 8 heteroatoms. The molecule has 162 valence electrons. The Balaban J connectivity index is 1.53. The molecule has 1 saturated heterocycles. The molecule has 1 fully saturated rings. The summed E-state index contributed by atoms with van der Waals surface area (Å²) in [6.45, 7) is 7.18. The molecule has 0 N–H and O–H groups in total. The van der Waals surface area contributed by atoms with Gasteiger partial charge >= 0.3 is 0 Å². The molecule has 0 amide bonds. The van der Waals surface area contributed by atoms with E-state index in [4.69, 9.17) is 0 Å². The fraction of sp³-hybridized carbons (Fsp3) is 0.375. The highest BCUT2D eigenvalue weighted by Gasteiger charge is 2.22. The molecule has 1 aromatic carbocycles. The number of aryl methyl sites for hydroxylation is 1. The van der Waals surface area contributed by atoms with Gasteiger partial charge in [0, 0.05) is 22.4 Å². The van der Waals surface area contributed by atoms with Crippen LogP contribution in [-0.2, 0) is 6.42 Å². The van der Waals surface area contributed by atoms with Crippen molar-refractivity contribution in [1.82, 2.24) is 29.7 Å². The molecule has 0 atom stereocenters. The van der Waals surface area contributed by atoms with E-state index in [1.165, 1.54) is 6.07 Å². The molecule has 4 heterocycles. The second-order valence-electron chi connectivity index (χ2n) is 8.41. The fourth-order valence-electron chi connectivity index (χ4n) is 4.52. The van der Waals surface area contributed by atoms with Crippen molar-refractivity contribution in [3.63, 3.8) is 0 Å². The van der Waals surface area contributed by atoms with Crippen molar-refractivity contribution >= 4 is 16.6 Å². The molecular formula is C24H24FN7. The molecule has 4 aromatic rings. The summed E-state index contributed by atoms with van der Waals surface area (Å²) in [6.07, 6.45) is 4.03. The van der Waals surface area contributed by atoms with E-state index in [1.807, 2.05) is 19.1 Å². The first-order valence-corrected chi connectivity index (χ1v) is 11.0. The van der Waals surface area contributed by atoms with Crippen LogP contribution in [0.25, 0.3) is 27.8 Å². The van der Waals surface area contributed by atoms with E-state index in [0.29, 0.717) is 33.7 Å². The van der Waals surface area contributed by atoms with Gasteiger partial charge in [-0.25, -0.2) is 13.9 Å². The third-order valence-electron chi connectivity index (χ3n) is 6.31. The number of imidazole rings is 1. The zero-order valence-electron chi connectivity index (χ0n) is 18.2. The van der Waals surface area contributed by atoms with Gasteiger partial charge in [-0.05, 0) is 63.7 Å². The van der Waals surface area contributed by atoms with Crippen molar-refractivity contribution < 1.29 is 4.39 Å². The minimum absolute atomic E-state index is 0.200. The van der Waals surface area contributed by atoms with E-state index in [2.05, 4.69) is 38.2 Å². The van der Waals surface area contributed by atoms with Crippen molar-refractivity contribution in [1.29, 1.82) is 5.26 Å². The Labute approximate surface area is 185 Å². The number of aromatic nitrogens is 5. The maximum atomic E-state index is 15.2. The van der Waals surface area contributed by atoms with Gasteiger partial charge in [0.1, 0.15) is 5.82 Å². The van der Waals surface area contributed by atoms with Gasteiger partial charge in [0.15, 0.2) is 5.65 Å². The van der Waals surface area contributed by atoms with Gasteiger partial charge in [-0.2, -0.15) is 20.6 Å². The minimum Gasteiger partial charge on any atom is -0.304 e. The van der Waals surface area contributed by atoms with Gasteiger partial charge in [-0.3, -0.25) is 0 Å². The molecule has 1 aliphatic heterocycles. The van der Waals surface area contributed by atoms with E-state index in [1.54, 1.807) is 16.8 Å². The predicted molar refractivity (Wildman–Crippen MR) is 120 cm³/mol. The number of nitrogens with zero attached hydrogens (tertiary/aromatic N) is 7. The summed E-state index contributed by atoms with van der Waals surface area (Å²) in [5.74, 6) is -0.0268. The molecule has 0 spiro atoms. The Kier molecular flexibility index (Phi) is 5.27. The molecule has 32 heavy (non-hydrogen) atoms. The number of hydrogen-bond donors (Lipinski definition) is 0. The Morgan fingerprint density at radius 3 is 2.72 bits per heavy atom. The molecule has 1 aliphatic rings. The fourth-order valence-corrected chi connectivity index (χ4v) is 4.52. The Morgan fingerprint density at radius 2 is 1.97 bits per heavy atom. The maximum absolute atomic E-state index is 15.2. The summed E-state index contributed by atoms with van der Waals surface area (Å²) in [5, 5.41) is 23.1. The third kappa shape index (κ3) is 3.69. The lowest BCUT2D eigenvalue weighted by atomic mass is 9.92. The van der Waals surface area contributed by atoms with E-state index in [9.17, 15) is 5.26 Å². The molecule has 0 bridgehead atoms. The van der Waals surface area contributed by atoms with Crippen molar-refractivity contribution in [2.24, 2.45) is 0 Å². The summed E-state index contributed by atoms with van der Waals surface area (Å²) in [4.78, 5) is 6.87. The van der Waals surface area contributed by atoms with Crippen LogP contribution in [0.5, 0.6) is 0 Å². The summed E-state index contributed by atoms with van der Waals surface area (Å²) in [7, 11) is 0. The second-order valence-corrected chi connectivity index (χ2v) is 8.41. The largest absolute Gasteiger partial charge is 0.304 e. The molecule has 0 aliphatic carbocycles. The van der Waals surface area contributed by atoms with Crippen molar-refractivity contribution in [3.8, 4) is 17.3 Å². The number of fused-ring (bicyclic) bond motifs is 2. The molecule has 5 rings (SSSR count). The molecule has 0 radical (unpaired) electrons. The number of nitriles is 1. The Bertz CT molecular complexity index is 1350. The summed E-state index contributed by atoms with van der Waals surface area (Å²) in [5.41, 5.74) is 4.74. The standard InChI is InChI=1S/C24H24FN7/c1-3-31-8-5-16(6-9-31)21-13-19-20(25)10-18(12-23(19)29-28-21)22-11-17(4-7-26)24-27-15(2)14-32(24)30-22/h10-14,16H,3-6,8-9H2,1-2H3. The first-order valence-electron chi connectivity index (χ1n) is 11.0. The van der Waals surface area contributed by atoms with Crippen LogP contribution < -0.4 is 0 Å². The lowest BCUT2D eigenvalue weighted by Gasteiger charge is -2.30.